The molecule has 5 nitrogen and oxygen atoms in total. The van der Waals surface area contributed by atoms with Gasteiger partial charge in [0.2, 0.25) is 5.95 Å². The summed E-state index contributed by atoms with van der Waals surface area (Å²) in [5.74, 6) is -0.230. The van der Waals surface area contributed by atoms with Gasteiger partial charge in [0.1, 0.15) is 5.69 Å². The van der Waals surface area contributed by atoms with Crippen LogP contribution in [0.3, 0.4) is 0 Å². The van der Waals surface area contributed by atoms with Crippen LogP contribution in [0.5, 0.6) is 0 Å². The second-order valence-electron chi connectivity index (χ2n) is 6.28. The first-order valence-electron chi connectivity index (χ1n) is 8.50. The maximum absolute atomic E-state index is 12.8. The number of benzene rings is 1. The maximum Gasteiger partial charge on any atom is 0.416 e. The Morgan fingerprint density at radius 2 is 1.88 bits per heavy atom. The van der Waals surface area contributed by atoms with Crippen molar-refractivity contribution in [1.29, 1.82) is 0 Å². The summed E-state index contributed by atoms with van der Waals surface area (Å²) in [6.07, 6.45) is 2.25. The van der Waals surface area contributed by atoms with Crippen LogP contribution in [0.2, 0.25) is 0 Å². The number of hydrogen-bond donors (Lipinski definition) is 2. The second-order valence-corrected chi connectivity index (χ2v) is 6.28. The van der Waals surface area contributed by atoms with Gasteiger partial charge in [0.25, 0.3) is 5.91 Å². The zero-order valence-electron chi connectivity index (χ0n) is 14.0. The molecule has 0 saturated heterocycles. The Morgan fingerprint density at radius 1 is 1.12 bits per heavy atom. The van der Waals surface area contributed by atoms with Crippen LogP contribution in [0, 0.1) is 0 Å². The number of halogens is 3. The van der Waals surface area contributed by atoms with E-state index < -0.39 is 11.7 Å². The Balaban J connectivity index is 1.70. The summed E-state index contributed by atoms with van der Waals surface area (Å²) in [6, 6.07) is 6.36. The Labute approximate surface area is 149 Å². The minimum absolute atomic E-state index is 0.0700. The van der Waals surface area contributed by atoms with Crippen LogP contribution in [-0.4, -0.2) is 21.9 Å². The van der Waals surface area contributed by atoms with E-state index in [4.69, 9.17) is 0 Å². The minimum Gasteiger partial charge on any atom is -0.348 e. The van der Waals surface area contributed by atoms with E-state index in [1.807, 2.05) is 0 Å². The highest BCUT2D eigenvalue weighted by Gasteiger charge is 2.30. The van der Waals surface area contributed by atoms with Crippen molar-refractivity contribution in [3.63, 3.8) is 0 Å². The lowest BCUT2D eigenvalue weighted by Gasteiger charge is -2.22. The third kappa shape index (κ3) is 4.71. The average molecular weight is 364 g/mol. The molecule has 0 spiro atoms. The minimum atomic E-state index is -4.43. The molecule has 138 valence electrons. The zero-order chi connectivity index (χ0) is 18.6. The first kappa shape index (κ1) is 18.2. The lowest BCUT2D eigenvalue weighted by atomic mass is 9.95. The lowest BCUT2D eigenvalue weighted by molar-refractivity contribution is -0.137. The highest BCUT2D eigenvalue weighted by molar-refractivity contribution is 5.92. The number of nitrogens with one attached hydrogen (secondary N) is 2. The van der Waals surface area contributed by atoms with Crippen molar-refractivity contribution in [2.24, 2.45) is 0 Å². The van der Waals surface area contributed by atoms with Gasteiger partial charge < -0.3 is 10.6 Å². The molecule has 0 bridgehead atoms. The van der Waals surface area contributed by atoms with Crippen molar-refractivity contribution >= 4 is 17.5 Å². The molecule has 1 aliphatic rings. The Hall–Kier alpha value is -2.64. The fraction of sp³-hybridized carbons (Fsp3) is 0.389. The lowest BCUT2D eigenvalue weighted by Crippen LogP contribution is -2.36. The molecule has 0 atom stereocenters. The van der Waals surface area contributed by atoms with Crippen molar-refractivity contribution in [3.8, 4) is 0 Å². The van der Waals surface area contributed by atoms with Crippen LogP contribution in [0.25, 0.3) is 0 Å². The predicted molar refractivity (Wildman–Crippen MR) is 91.1 cm³/mol. The fourth-order valence-electron chi connectivity index (χ4n) is 2.95. The molecule has 26 heavy (non-hydrogen) atoms. The largest absolute Gasteiger partial charge is 0.416 e. The molecule has 3 rings (SSSR count). The average Bonchev–Trinajstić information content (AvgIpc) is 2.62. The highest BCUT2D eigenvalue weighted by atomic mass is 19.4. The second kappa shape index (κ2) is 7.72. The smallest absolute Gasteiger partial charge is 0.348 e. The molecule has 1 fully saturated rings. The van der Waals surface area contributed by atoms with E-state index in [1.54, 1.807) is 0 Å². The van der Waals surface area contributed by atoms with Gasteiger partial charge in [-0.05, 0) is 37.1 Å². The van der Waals surface area contributed by atoms with Gasteiger partial charge in [-0.1, -0.05) is 25.3 Å². The van der Waals surface area contributed by atoms with Crippen LogP contribution in [0.1, 0.15) is 48.2 Å². The van der Waals surface area contributed by atoms with Crippen molar-refractivity contribution in [2.75, 3.05) is 5.32 Å². The number of anilines is 2. The molecule has 1 aromatic carbocycles. The molecule has 0 radical (unpaired) electrons. The number of carbonyl (C=O) groups is 1. The van der Waals surface area contributed by atoms with Crippen LogP contribution < -0.4 is 10.6 Å². The van der Waals surface area contributed by atoms with E-state index in [0.717, 1.165) is 37.8 Å². The molecule has 1 aliphatic carbocycles. The number of nitrogens with zero attached hydrogens (tertiary/aromatic N) is 2. The number of hydrogen-bond acceptors (Lipinski definition) is 4. The third-order valence-corrected chi connectivity index (χ3v) is 4.27. The summed E-state index contributed by atoms with van der Waals surface area (Å²) in [7, 11) is 0. The Bertz CT molecular complexity index is 773. The maximum atomic E-state index is 12.8. The van der Waals surface area contributed by atoms with Crippen molar-refractivity contribution < 1.29 is 18.0 Å². The number of alkyl halides is 3. The van der Waals surface area contributed by atoms with Gasteiger partial charge >= 0.3 is 6.18 Å². The van der Waals surface area contributed by atoms with Gasteiger partial charge in [-0.3, -0.25) is 4.79 Å². The first-order valence-corrected chi connectivity index (χ1v) is 8.50. The quantitative estimate of drug-likeness (QED) is 0.849. The molecule has 1 aromatic heterocycles. The molecular formula is C18H19F3N4O. The van der Waals surface area contributed by atoms with Gasteiger partial charge in [-0.15, -0.1) is 0 Å². The van der Waals surface area contributed by atoms with Crippen LogP contribution in [-0.2, 0) is 6.18 Å². The van der Waals surface area contributed by atoms with Gasteiger partial charge in [-0.2, -0.15) is 13.2 Å². The van der Waals surface area contributed by atoms with Gasteiger partial charge in [-0.25, -0.2) is 9.97 Å². The number of amides is 1. The Kier molecular flexibility index (Phi) is 5.39. The molecule has 2 aromatic rings. The van der Waals surface area contributed by atoms with E-state index in [-0.39, 0.29) is 29.3 Å². The van der Waals surface area contributed by atoms with E-state index in [1.165, 1.54) is 30.8 Å². The van der Waals surface area contributed by atoms with Crippen LogP contribution >= 0.6 is 0 Å². The summed E-state index contributed by atoms with van der Waals surface area (Å²) in [5.41, 5.74) is -0.390. The number of carbonyl (C=O) groups excluding carboxylic acids is 1. The summed E-state index contributed by atoms with van der Waals surface area (Å²) < 4.78 is 38.4. The summed E-state index contributed by atoms with van der Waals surface area (Å²) in [4.78, 5) is 20.4. The molecule has 0 unspecified atom stereocenters. The standard InChI is InChI=1S/C18H19F3N4O/c19-18(20,21)12-5-4-8-14(11-12)24-17-22-10-9-15(25-17)16(26)23-13-6-2-1-3-7-13/h4-5,8-11,13H,1-3,6-7H2,(H,23,26)(H,22,24,25). The topological polar surface area (TPSA) is 66.9 Å². The van der Waals surface area contributed by atoms with Gasteiger partial charge in [0.15, 0.2) is 0 Å². The van der Waals surface area contributed by atoms with E-state index in [2.05, 4.69) is 20.6 Å². The molecule has 1 amide bonds. The number of rotatable bonds is 4. The van der Waals surface area contributed by atoms with Crippen molar-refractivity contribution in [3.05, 3.63) is 47.8 Å². The van der Waals surface area contributed by atoms with Crippen LogP contribution in [0.4, 0.5) is 24.8 Å². The third-order valence-electron chi connectivity index (χ3n) is 4.27. The van der Waals surface area contributed by atoms with Crippen LogP contribution in [0.15, 0.2) is 36.5 Å². The zero-order valence-corrected chi connectivity index (χ0v) is 14.0. The van der Waals surface area contributed by atoms with Crippen molar-refractivity contribution in [1.82, 2.24) is 15.3 Å². The molecule has 0 aliphatic heterocycles. The summed E-state index contributed by atoms with van der Waals surface area (Å²) in [6.45, 7) is 0. The summed E-state index contributed by atoms with van der Waals surface area (Å²) >= 11 is 0. The van der Waals surface area contributed by atoms with Gasteiger partial charge in [0, 0.05) is 17.9 Å². The molecule has 1 heterocycles. The molecular weight excluding hydrogens is 345 g/mol. The molecule has 8 heteroatoms. The van der Waals surface area contributed by atoms with E-state index in [0.29, 0.717) is 0 Å². The SMILES string of the molecule is O=C(NC1CCCCC1)c1ccnc(Nc2cccc(C(F)(F)F)c2)n1. The van der Waals surface area contributed by atoms with E-state index in [9.17, 15) is 18.0 Å². The molecule has 2 N–H and O–H groups in total. The Morgan fingerprint density at radius 3 is 2.62 bits per heavy atom. The normalized spacial score (nSPS) is 15.5. The van der Waals surface area contributed by atoms with E-state index >= 15 is 0 Å². The fourth-order valence-corrected chi connectivity index (χ4v) is 2.95. The number of aromatic nitrogens is 2. The highest BCUT2D eigenvalue weighted by Crippen LogP contribution is 2.31. The van der Waals surface area contributed by atoms with Crippen molar-refractivity contribution in [2.45, 2.75) is 44.3 Å². The first-order chi connectivity index (χ1) is 12.4. The predicted octanol–water partition coefficient (Wildman–Crippen LogP) is 4.30. The monoisotopic (exact) mass is 364 g/mol. The summed E-state index contributed by atoms with van der Waals surface area (Å²) in [5, 5.41) is 5.66. The van der Waals surface area contributed by atoms with Gasteiger partial charge in [0.05, 0.1) is 5.56 Å². The molecule has 1 saturated carbocycles.